The molecule has 16 rings (SSSR count). The molecule has 0 N–H and O–H groups in total. The fourth-order valence-corrected chi connectivity index (χ4v) is 11.1. The van der Waals surface area contributed by atoms with Crippen LogP contribution in [0.3, 0.4) is 0 Å². The van der Waals surface area contributed by atoms with Gasteiger partial charge in [-0.25, -0.2) is 0 Å². The van der Waals surface area contributed by atoms with Crippen molar-refractivity contribution in [2.75, 3.05) is 0 Å². The first-order chi connectivity index (χ1) is 65.9. The summed E-state index contributed by atoms with van der Waals surface area (Å²) in [5.41, 5.74) is 17.9. The van der Waals surface area contributed by atoms with E-state index in [9.17, 15) is 9.59 Å². The number of rotatable bonds is 28. The first kappa shape index (κ1) is 111. The van der Waals surface area contributed by atoms with E-state index in [-0.39, 0.29) is 45.1 Å². The molecule has 710 valence electrons. The first-order valence-corrected chi connectivity index (χ1v) is 41.0. The molecule has 8 aromatic heterocycles. The van der Waals surface area contributed by atoms with Crippen LogP contribution in [0.4, 0.5) is 0 Å². The summed E-state index contributed by atoms with van der Waals surface area (Å²) in [6, 6.07) is 96.1. The standard InChI is InChI=1S/4C24H20N2O2.2C3H6O.2Co.4NO3/c4*1-5-23(27-17-19-9-13-25-14-10-19)6-2-21(1)22-3-7-24(8-4-22)28-18-20-11-15-26-16-12-20;2*1-3(2)4;;;4*2-1(3)4/h4*1-16H,17-18H2;2*1-2H3;;;;;;/q;;;;;;2*+2;4*-1. The Labute approximate surface area is 815 Å². The van der Waals surface area contributed by atoms with E-state index in [4.69, 9.17) is 99.2 Å². The summed E-state index contributed by atoms with van der Waals surface area (Å²) in [6.45, 7) is 10.4. The third-order valence-corrected chi connectivity index (χ3v) is 17.4. The van der Waals surface area contributed by atoms with E-state index in [0.717, 1.165) is 135 Å². The van der Waals surface area contributed by atoms with Crippen molar-refractivity contribution in [1.29, 1.82) is 0 Å². The van der Waals surface area contributed by atoms with Crippen molar-refractivity contribution in [3.05, 3.63) is 496 Å². The summed E-state index contributed by atoms with van der Waals surface area (Å²) in [6.07, 6.45) is 28.3. The van der Waals surface area contributed by atoms with Gasteiger partial charge >= 0.3 is 33.6 Å². The number of aromatic nitrogens is 8. The largest absolute Gasteiger partial charge is 2.00 e. The van der Waals surface area contributed by atoms with Crippen LogP contribution in [0.2, 0.25) is 0 Å². The van der Waals surface area contributed by atoms with Crippen molar-refractivity contribution in [1.82, 2.24) is 39.9 Å². The number of carbonyl (C=O) groups is 2. The fraction of sp³-hybridized carbons (Fsp3) is 0.118. The van der Waals surface area contributed by atoms with Gasteiger partial charge in [0.25, 0.3) is 0 Å². The van der Waals surface area contributed by atoms with Crippen LogP contribution in [0.1, 0.15) is 72.2 Å². The van der Waals surface area contributed by atoms with E-state index in [1.165, 1.54) is 27.7 Å². The quantitative estimate of drug-likeness (QED) is 0.0324. The number of benzene rings is 8. The maximum absolute atomic E-state index is 9.44. The number of hydrogen-bond donors (Lipinski definition) is 0. The van der Waals surface area contributed by atoms with Crippen LogP contribution < -0.4 is 37.9 Å². The molecule has 0 saturated carbocycles. The Hall–Kier alpha value is -17.5. The van der Waals surface area contributed by atoms with Gasteiger partial charge in [0.1, 0.15) is 110 Å². The Kier molecular flexibility index (Phi) is 52.4. The Morgan fingerprint density at radius 2 is 0.254 bits per heavy atom. The van der Waals surface area contributed by atoms with E-state index < -0.39 is 20.3 Å². The van der Waals surface area contributed by atoms with Gasteiger partial charge in [-0.1, -0.05) is 97.1 Å². The van der Waals surface area contributed by atoms with Gasteiger partial charge in [0.2, 0.25) is 0 Å². The number of nitrogens with zero attached hydrogens (tertiary/aromatic N) is 12. The van der Waals surface area contributed by atoms with Gasteiger partial charge < -0.3 is 109 Å². The average Bonchev–Trinajstić information content (AvgIpc) is 0.860. The molecular formula is C102H92Co2N12O22. The molecule has 0 aliphatic rings. The number of carbonyl (C=O) groups excluding carboxylic acids is 2. The molecule has 0 amide bonds. The Bertz CT molecular complexity index is 4930. The second-order valence-electron chi connectivity index (χ2n) is 28.1. The van der Waals surface area contributed by atoms with E-state index in [2.05, 4.69) is 137 Å². The van der Waals surface area contributed by atoms with Gasteiger partial charge in [-0.15, -0.1) is 0 Å². The van der Waals surface area contributed by atoms with Crippen molar-refractivity contribution < 1.29 is 101 Å². The number of ether oxygens (including phenoxy) is 8. The third-order valence-electron chi connectivity index (χ3n) is 17.4. The number of ketones is 2. The van der Waals surface area contributed by atoms with Crippen LogP contribution in [0.25, 0.3) is 44.5 Å². The number of pyridine rings is 8. The molecule has 0 aliphatic heterocycles. The van der Waals surface area contributed by atoms with Crippen molar-refractivity contribution >= 4 is 11.6 Å². The molecule has 0 saturated heterocycles. The number of Topliss-reactive ketones (excluding diaryl/α,β-unsaturated/α-hetero) is 2. The molecule has 16 aromatic rings. The molecule has 0 unspecified atom stereocenters. The topological polar surface area (TPSA) is 476 Å². The van der Waals surface area contributed by atoms with Crippen LogP contribution in [-0.4, -0.2) is 71.8 Å². The minimum atomic E-state index is -1.75. The van der Waals surface area contributed by atoms with E-state index in [1.807, 2.05) is 194 Å². The summed E-state index contributed by atoms with van der Waals surface area (Å²) in [5.74, 6) is 7.10. The molecule has 36 heteroatoms. The predicted molar refractivity (Wildman–Crippen MR) is 510 cm³/mol. The molecule has 0 fully saturated rings. The van der Waals surface area contributed by atoms with E-state index in [0.29, 0.717) is 52.9 Å². The summed E-state index contributed by atoms with van der Waals surface area (Å²) < 4.78 is 46.6. The summed E-state index contributed by atoms with van der Waals surface area (Å²) in [4.78, 5) is 84.0. The van der Waals surface area contributed by atoms with E-state index in [1.54, 1.807) is 99.1 Å². The van der Waals surface area contributed by atoms with Crippen molar-refractivity contribution in [2.45, 2.75) is 80.6 Å². The predicted octanol–water partition coefficient (Wildman–Crippen LogP) is 21.4. The first-order valence-electron chi connectivity index (χ1n) is 41.0. The van der Waals surface area contributed by atoms with E-state index >= 15 is 0 Å². The molecule has 2 radical (unpaired) electrons. The molecule has 0 bridgehead atoms. The average molecular weight is 1960 g/mol. The minimum absolute atomic E-state index is 0. The third kappa shape index (κ3) is 49.1. The van der Waals surface area contributed by atoms with Gasteiger partial charge in [-0.05, 0) is 311 Å². The summed E-state index contributed by atoms with van der Waals surface area (Å²) in [7, 11) is 0. The molecule has 8 aromatic carbocycles. The number of hydrogen-bond acceptors (Lipinski definition) is 30. The van der Waals surface area contributed by atoms with Gasteiger partial charge in [0, 0.05) is 99.1 Å². The minimum Gasteiger partial charge on any atom is -0.489 e. The molecule has 8 heterocycles. The van der Waals surface area contributed by atoms with Gasteiger partial charge in [0.15, 0.2) is 0 Å². The maximum atomic E-state index is 9.44. The van der Waals surface area contributed by atoms with Crippen molar-refractivity contribution in [2.24, 2.45) is 0 Å². The second kappa shape index (κ2) is 65.2. The molecule has 34 nitrogen and oxygen atoms in total. The van der Waals surface area contributed by atoms with Gasteiger partial charge in [-0.3, -0.25) is 39.9 Å². The maximum Gasteiger partial charge on any atom is 2.00 e. The Morgan fingerprint density at radius 1 is 0.181 bits per heavy atom. The Balaban J connectivity index is 0.000000299. The molecular weight excluding hydrogens is 1860 g/mol. The normalized spacial score (nSPS) is 9.54. The van der Waals surface area contributed by atoms with Gasteiger partial charge in [0.05, 0.1) is 20.3 Å². The zero-order valence-corrected chi connectivity index (χ0v) is 76.7. The summed E-state index contributed by atoms with van der Waals surface area (Å²) in [5, 5.41) is 59.0. The van der Waals surface area contributed by atoms with Crippen LogP contribution in [-0.2, 0) is 96.0 Å². The molecule has 0 spiro atoms. The zero-order chi connectivity index (χ0) is 97.5. The fourth-order valence-electron chi connectivity index (χ4n) is 11.1. The molecule has 0 aliphatic carbocycles. The smallest absolute Gasteiger partial charge is 0.489 e. The van der Waals surface area contributed by atoms with Crippen molar-refractivity contribution in [3.8, 4) is 90.5 Å². The zero-order valence-electron chi connectivity index (χ0n) is 74.6. The molecule has 138 heavy (non-hydrogen) atoms. The monoisotopic (exact) mass is 1950 g/mol. The van der Waals surface area contributed by atoms with Gasteiger partial charge in [-0.2, -0.15) is 0 Å². The molecule has 0 atom stereocenters. The SMILES string of the molecule is CC(C)=O.CC(C)=O.O=[N+]([O-])[O-].O=[N+]([O-])[O-].O=[N+]([O-])[O-].O=[N+]([O-])[O-].[Co+2].[Co+2].c1cc(COc2ccc(-c3ccc(OCc4ccncc4)cc3)cc2)ccn1.c1cc(COc2ccc(-c3ccc(OCc4ccncc4)cc3)cc2)ccn1.c1cc(COc2ccc(-c3ccc(OCc4ccncc4)cc3)cc2)ccn1.c1cc(COc2ccc(-c3ccc(OCc4ccncc4)cc3)cc2)ccn1. The van der Waals surface area contributed by atoms with Crippen LogP contribution in [0, 0.1) is 61.3 Å². The van der Waals surface area contributed by atoms with Crippen LogP contribution in [0.15, 0.2) is 390 Å². The van der Waals surface area contributed by atoms with Crippen molar-refractivity contribution in [3.63, 3.8) is 0 Å². The van der Waals surface area contributed by atoms with Crippen LogP contribution >= 0.6 is 0 Å². The second-order valence-corrected chi connectivity index (χ2v) is 28.1. The summed E-state index contributed by atoms with van der Waals surface area (Å²) >= 11 is 0. The Morgan fingerprint density at radius 3 is 0.326 bits per heavy atom. The van der Waals surface area contributed by atoms with Crippen LogP contribution in [0.5, 0.6) is 46.0 Å².